The summed E-state index contributed by atoms with van der Waals surface area (Å²) in [5.41, 5.74) is 2.91. The number of nitrogens with zero attached hydrogens (tertiary/aromatic N) is 2. The molecular weight excluding hydrogens is 482 g/mol. The minimum Gasteiger partial charge on any atom is -0.344 e. The Morgan fingerprint density at radius 1 is 1.10 bits per heavy atom. The first-order chi connectivity index (χ1) is 15.1. The normalized spacial score (nSPS) is 29.2. The molecule has 2 fully saturated rings. The predicted octanol–water partition coefficient (Wildman–Crippen LogP) is 3.81. The maximum atomic E-state index is 13.3. The van der Waals surface area contributed by atoms with Gasteiger partial charge >= 0.3 is 0 Å². The highest BCUT2D eigenvalue weighted by Gasteiger charge is 2.42. The van der Waals surface area contributed by atoms with Gasteiger partial charge in [0.25, 0.3) is 0 Å². The highest BCUT2D eigenvalue weighted by atomic mass is 79.9. The molecule has 1 saturated carbocycles. The van der Waals surface area contributed by atoms with Crippen LogP contribution in [0.3, 0.4) is 0 Å². The van der Waals surface area contributed by atoms with E-state index in [4.69, 9.17) is 4.74 Å². The fourth-order valence-electron chi connectivity index (χ4n) is 4.86. The van der Waals surface area contributed by atoms with Crippen LogP contribution in [0.4, 0.5) is 0 Å². The number of hydroxylamine groups is 1. The Balaban J connectivity index is 1.36. The van der Waals surface area contributed by atoms with Crippen molar-refractivity contribution in [1.82, 2.24) is 14.3 Å². The van der Waals surface area contributed by atoms with Gasteiger partial charge in [0.2, 0.25) is 11.8 Å². The van der Waals surface area contributed by atoms with E-state index in [1.54, 1.807) is 9.41 Å². The van der Waals surface area contributed by atoms with Crippen molar-refractivity contribution in [3.8, 4) is 0 Å². The van der Waals surface area contributed by atoms with Crippen LogP contribution in [0.1, 0.15) is 43.6 Å². The van der Waals surface area contributed by atoms with Gasteiger partial charge in [-0.25, -0.2) is 5.48 Å². The van der Waals surface area contributed by atoms with Gasteiger partial charge in [0.1, 0.15) is 0 Å². The molecule has 4 rings (SSSR count). The van der Waals surface area contributed by atoms with Gasteiger partial charge in [0.15, 0.2) is 5.56 Å². The summed E-state index contributed by atoms with van der Waals surface area (Å²) in [6.45, 7) is 1.40. The molecule has 1 unspecified atom stereocenters. The van der Waals surface area contributed by atoms with E-state index in [-0.39, 0.29) is 17.6 Å². The number of likely N-dealkylation sites (tertiary alicyclic amines) is 1. The lowest BCUT2D eigenvalue weighted by Crippen LogP contribution is -2.49. The standard InChI is InChI=1S/C22H28BrN3O4S/c23-26-12-13-31-22(26)30-17-6-7-18(19(14-17)20(27)24-29)21(28)25-10-8-16(9-11-25)15-4-2-1-3-5-15/h1-5,12-13,16-19,22,29H,6-11,14H2,(H,24,27)/t17-,18+,19+,22?/m1/s1. The van der Waals surface area contributed by atoms with Crippen LogP contribution in [0.25, 0.3) is 0 Å². The Morgan fingerprint density at radius 3 is 2.48 bits per heavy atom. The molecule has 31 heavy (non-hydrogen) atoms. The van der Waals surface area contributed by atoms with Gasteiger partial charge in [-0.2, -0.15) is 0 Å². The number of nitrogens with one attached hydrogen (secondary N) is 1. The van der Waals surface area contributed by atoms with E-state index in [1.807, 2.05) is 22.6 Å². The number of hydrogen-bond donors (Lipinski definition) is 2. The zero-order chi connectivity index (χ0) is 21.8. The highest BCUT2D eigenvalue weighted by molar-refractivity contribution is 9.07. The van der Waals surface area contributed by atoms with E-state index in [0.717, 1.165) is 12.8 Å². The fraction of sp³-hybridized carbons (Fsp3) is 0.545. The van der Waals surface area contributed by atoms with Crippen LogP contribution in [0, 0.1) is 11.8 Å². The van der Waals surface area contributed by atoms with Gasteiger partial charge in [-0.05, 0) is 49.0 Å². The zero-order valence-electron chi connectivity index (χ0n) is 17.2. The Hall–Kier alpha value is -1.55. The molecule has 168 valence electrons. The second kappa shape index (κ2) is 10.4. The monoisotopic (exact) mass is 509 g/mol. The Labute approximate surface area is 195 Å². The van der Waals surface area contributed by atoms with Crippen LogP contribution in [-0.4, -0.2) is 50.6 Å². The lowest BCUT2D eigenvalue weighted by atomic mass is 9.76. The summed E-state index contributed by atoms with van der Waals surface area (Å²) in [7, 11) is 0. The predicted molar refractivity (Wildman–Crippen MR) is 122 cm³/mol. The molecule has 9 heteroatoms. The first kappa shape index (κ1) is 22.6. The molecule has 2 N–H and O–H groups in total. The molecular formula is C22H28BrN3O4S. The van der Waals surface area contributed by atoms with Crippen molar-refractivity contribution in [2.75, 3.05) is 13.1 Å². The van der Waals surface area contributed by atoms with Gasteiger partial charge in [0.05, 0.1) is 28.2 Å². The number of hydrogen-bond acceptors (Lipinski definition) is 6. The van der Waals surface area contributed by atoms with Crippen molar-refractivity contribution in [3.63, 3.8) is 0 Å². The summed E-state index contributed by atoms with van der Waals surface area (Å²) < 4.78 is 7.92. The molecule has 2 aliphatic heterocycles. The van der Waals surface area contributed by atoms with E-state index in [2.05, 4.69) is 40.4 Å². The average Bonchev–Trinajstić information content (AvgIpc) is 3.23. The minimum atomic E-state index is -0.591. The summed E-state index contributed by atoms with van der Waals surface area (Å²) in [5.74, 6) is -1.02. The smallest absolute Gasteiger partial charge is 0.247 e. The number of rotatable bonds is 5. The number of carbonyl (C=O) groups is 2. The number of halogens is 1. The molecule has 2 amide bonds. The van der Waals surface area contributed by atoms with E-state index in [9.17, 15) is 14.8 Å². The van der Waals surface area contributed by atoms with Crippen LogP contribution < -0.4 is 5.48 Å². The van der Waals surface area contributed by atoms with E-state index in [1.165, 1.54) is 17.3 Å². The van der Waals surface area contributed by atoms with Gasteiger partial charge in [0, 0.05) is 25.2 Å². The second-order valence-electron chi connectivity index (χ2n) is 8.34. The Bertz CT molecular complexity index is 803. The summed E-state index contributed by atoms with van der Waals surface area (Å²) in [4.78, 5) is 27.7. The number of ether oxygens (including phenoxy) is 1. The maximum Gasteiger partial charge on any atom is 0.247 e. The Morgan fingerprint density at radius 2 is 1.84 bits per heavy atom. The molecule has 0 spiro atoms. The Kier molecular flexibility index (Phi) is 7.58. The third kappa shape index (κ3) is 5.27. The number of thioether (sulfide) groups is 1. The number of piperidine rings is 1. The SMILES string of the molecule is O=C(NO)[C@H]1C[C@H](OC2SC=CN2Br)CC[C@@H]1C(=O)N1CCC(c2ccccc2)CC1. The molecule has 0 radical (unpaired) electrons. The van der Waals surface area contributed by atoms with Crippen LogP contribution in [0.5, 0.6) is 0 Å². The highest BCUT2D eigenvalue weighted by Crippen LogP contribution is 2.38. The van der Waals surface area contributed by atoms with E-state index in [0.29, 0.717) is 38.3 Å². The molecule has 4 atom stereocenters. The average molecular weight is 510 g/mol. The van der Waals surface area contributed by atoms with Crippen molar-refractivity contribution in [2.45, 2.75) is 49.7 Å². The largest absolute Gasteiger partial charge is 0.344 e. The molecule has 7 nitrogen and oxygen atoms in total. The minimum absolute atomic E-state index is 0.0255. The molecule has 1 aromatic rings. The maximum absolute atomic E-state index is 13.3. The molecule has 0 bridgehead atoms. The number of benzene rings is 1. The van der Waals surface area contributed by atoms with Gasteiger partial charge in [-0.3, -0.25) is 18.7 Å². The van der Waals surface area contributed by atoms with Crippen molar-refractivity contribution in [2.24, 2.45) is 11.8 Å². The van der Waals surface area contributed by atoms with Crippen molar-refractivity contribution in [3.05, 3.63) is 47.5 Å². The molecule has 0 aromatic heterocycles. The third-order valence-electron chi connectivity index (χ3n) is 6.55. The molecule has 2 heterocycles. The van der Waals surface area contributed by atoms with Crippen LogP contribution >= 0.6 is 27.9 Å². The second-order valence-corrected chi connectivity index (χ2v) is 10.1. The molecule has 1 aliphatic carbocycles. The summed E-state index contributed by atoms with van der Waals surface area (Å²) in [5, 5.41) is 11.2. The van der Waals surface area contributed by atoms with Gasteiger partial charge < -0.3 is 9.64 Å². The van der Waals surface area contributed by atoms with Crippen LogP contribution in [0.2, 0.25) is 0 Å². The lowest BCUT2D eigenvalue weighted by molar-refractivity contribution is -0.151. The first-order valence-corrected chi connectivity index (χ1v) is 12.4. The molecule has 3 aliphatic rings. The van der Waals surface area contributed by atoms with E-state index < -0.39 is 17.7 Å². The topological polar surface area (TPSA) is 82.1 Å². The van der Waals surface area contributed by atoms with Crippen LogP contribution in [-0.2, 0) is 14.3 Å². The van der Waals surface area contributed by atoms with Gasteiger partial charge in [-0.15, -0.1) is 0 Å². The van der Waals surface area contributed by atoms with Crippen molar-refractivity contribution in [1.29, 1.82) is 0 Å². The van der Waals surface area contributed by atoms with Crippen LogP contribution in [0.15, 0.2) is 41.9 Å². The van der Waals surface area contributed by atoms with Gasteiger partial charge in [-0.1, -0.05) is 42.1 Å². The number of carbonyl (C=O) groups excluding carboxylic acids is 2. The molecule has 1 aromatic carbocycles. The lowest BCUT2D eigenvalue weighted by Gasteiger charge is -2.39. The summed E-state index contributed by atoms with van der Waals surface area (Å²) >= 11 is 4.96. The third-order valence-corrected chi connectivity index (χ3v) is 8.28. The number of amides is 2. The molecule has 1 saturated heterocycles. The summed E-state index contributed by atoms with van der Waals surface area (Å²) in [6, 6.07) is 10.4. The first-order valence-electron chi connectivity index (χ1n) is 10.8. The van der Waals surface area contributed by atoms with Crippen molar-refractivity contribution >= 4 is 39.7 Å². The zero-order valence-corrected chi connectivity index (χ0v) is 19.6. The van der Waals surface area contributed by atoms with E-state index >= 15 is 0 Å². The quantitative estimate of drug-likeness (QED) is 0.356. The van der Waals surface area contributed by atoms with Crippen molar-refractivity contribution < 1.29 is 19.5 Å². The fourth-order valence-corrected chi connectivity index (χ4v) is 6.26. The summed E-state index contributed by atoms with van der Waals surface area (Å²) in [6.07, 6.45) is 5.29.